The second-order valence-electron chi connectivity index (χ2n) is 15.7. The van der Waals surface area contributed by atoms with Crippen LogP contribution in [0.1, 0.15) is 129 Å². The topological polar surface area (TPSA) is 227 Å². The van der Waals surface area contributed by atoms with E-state index in [1.165, 1.54) is 0 Å². The number of unbranched alkanes of at least 4 members (excludes halogenated alkanes) is 3. The van der Waals surface area contributed by atoms with Gasteiger partial charge in [-0.3, -0.25) is 23.4 Å². The molecule has 1 unspecified atom stereocenters. The third kappa shape index (κ3) is 31.3. The van der Waals surface area contributed by atoms with Crippen molar-refractivity contribution in [3.8, 4) is 0 Å². The van der Waals surface area contributed by atoms with Crippen LogP contribution in [0.2, 0.25) is 0 Å². The zero-order valence-electron chi connectivity index (χ0n) is 37.6. The number of ketones is 1. The van der Waals surface area contributed by atoms with Crippen molar-refractivity contribution in [3.63, 3.8) is 0 Å². The molecule has 0 aromatic heterocycles. The van der Waals surface area contributed by atoms with Gasteiger partial charge in [0, 0.05) is 43.9 Å². The summed E-state index contributed by atoms with van der Waals surface area (Å²) in [6.45, 7) is 1.62. The standard InChI is InChI=1S/C48H77O14P/c1-3-5-7-8-9-10-11-12-13-14-15-16-17-18-19-20-21-22-24-29-47(55)59-37-42(38-61-63(57,58)60-36-41(52)35-49)62-48(56)30-26-25-28-40(51)33-44-43(45(53)34-46(44)54)32-31-39(50)27-23-6-4-2/h5,7,9-10,12-13,15-16,18-19,21-22,31-32,39,41-46,49-50,52-54H,3-4,6,8,11,14,17,20,23-30,33-38H2,1-2H3,(H,57,58)/b7-5-,10-9-,13-12-,16-15-,19-18-,22-21-,32-31+/t39-,41-,42+,43+,44+,45+,46-/m0/s1. The molecule has 1 aliphatic rings. The lowest BCUT2D eigenvalue weighted by molar-refractivity contribution is -0.161. The smallest absolute Gasteiger partial charge is 0.462 e. The van der Waals surface area contributed by atoms with Gasteiger partial charge in [0.05, 0.1) is 38.1 Å². The lowest BCUT2D eigenvalue weighted by atomic mass is 9.87. The molecule has 0 spiro atoms. The molecule has 14 nitrogen and oxygen atoms in total. The molecule has 358 valence electrons. The first kappa shape index (κ1) is 57.7. The number of aliphatic hydroxyl groups excluding tert-OH is 5. The highest BCUT2D eigenvalue weighted by Gasteiger charge is 2.41. The number of ether oxygens (including phenoxy) is 2. The molecule has 0 heterocycles. The maximum Gasteiger partial charge on any atom is 0.472 e. The van der Waals surface area contributed by atoms with E-state index in [-0.39, 0.29) is 44.3 Å². The van der Waals surface area contributed by atoms with Crippen LogP contribution in [-0.2, 0) is 37.5 Å². The van der Waals surface area contributed by atoms with Crippen molar-refractivity contribution in [2.45, 2.75) is 160 Å². The fourth-order valence-electron chi connectivity index (χ4n) is 6.48. The summed E-state index contributed by atoms with van der Waals surface area (Å²) in [5, 5.41) is 49.7. The predicted molar refractivity (Wildman–Crippen MR) is 244 cm³/mol. The van der Waals surface area contributed by atoms with Gasteiger partial charge in [-0.2, -0.15) is 0 Å². The Kier molecular flexibility index (Phi) is 33.9. The molecule has 0 aromatic carbocycles. The molecule has 0 aromatic rings. The summed E-state index contributed by atoms with van der Waals surface area (Å²) in [6.07, 6.45) is 33.4. The second kappa shape index (κ2) is 37.0. The average molecular weight is 909 g/mol. The van der Waals surface area contributed by atoms with E-state index in [0.29, 0.717) is 25.7 Å². The van der Waals surface area contributed by atoms with E-state index in [0.717, 1.165) is 51.4 Å². The lowest BCUT2D eigenvalue weighted by Gasteiger charge is -2.21. The number of rotatable bonds is 37. The van der Waals surface area contributed by atoms with Gasteiger partial charge in [0.2, 0.25) is 0 Å². The number of carbonyl (C=O) groups is 3. The van der Waals surface area contributed by atoms with Crippen LogP contribution in [0.4, 0.5) is 0 Å². The number of esters is 2. The van der Waals surface area contributed by atoms with Gasteiger partial charge in [0.1, 0.15) is 18.5 Å². The Labute approximate surface area is 375 Å². The summed E-state index contributed by atoms with van der Waals surface area (Å²) >= 11 is 0. The molecule has 6 N–H and O–H groups in total. The van der Waals surface area contributed by atoms with Gasteiger partial charge in [-0.15, -0.1) is 0 Å². The van der Waals surface area contributed by atoms with Crippen molar-refractivity contribution in [2.75, 3.05) is 26.4 Å². The van der Waals surface area contributed by atoms with Gasteiger partial charge in [0.25, 0.3) is 0 Å². The highest BCUT2D eigenvalue weighted by atomic mass is 31.2. The summed E-state index contributed by atoms with van der Waals surface area (Å²) in [7, 11) is -4.75. The number of phosphoric ester groups is 1. The zero-order valence-corrected chi connectivity index (χ0v) is 38.5. The number of hydrogen-bond acceptors (Lipinski definition) is 13. The van der Waals surface area contributed by atoms with E-state index in [1.807, 2.05) is 18.2 Å². The SMILES string of the molecule is CC/C=C\C/C=C\C/C=C\C/C=C\C/C=C\C/C=C\CCC(=O)OC[C@H](COP(=O)(O)OC[C@@H](O)CO)OC(=O)CCCCC(=O)C[C@@H]1[C@@H](/C=C/[C@@H](O)CCCCC)[C@H](O)C[C@@H]1O. The van der Waals surface area contributed by atoms with Crippen molar-refractivity contribution in [1.29, 1.82) is 0 Å². The molecule has 63 heavy (non-hydrogen) atoms. The van der Waals surface area contributed by atoms with Crippen molar-refractivity contribution >= 4 is 25.5 Å². The van der Waals surface area contributed by atoms with Gasteiger partial charge < -0.3 is 39.9 Å². The number of hydrogen-bond donors (Lipinski definition) is 6. The normalized spacial score (nSPS) is 20.9. The van der Waals surface area contributed by atoms with Crippen molar-refractivity contribution in [1.82, 2.24) is 0 Å². The van der Waals surface area contributed by atoms with Gasteiger partial charge in [0.15, 0.2) is 6.10 Å². The largest absolute Gasteiger partial charge is 0.472 e. The molecular weight excluding hydrogens is 831 g/mol. The monoisotopic (exact) mass is 909 g/mol. The van der Waals surface area contributed by atoms with E-state index < -0.39 is 88.5 Å². The van der Waals surface area contributed by atoms with Crippen LogP contribution in [0.3, 0.4) is 0 Å². The summed E-state index contributed by atoms with van der Waals surface area (Å²) < 4.78 is 32.5. The van der Waals surface area contributed by atoms with E-state index in [9.17, 15) is 44.3 Å². The predicted octanol–water partition coefficient (Wildman–Crippen LogP) is 7.78. The third-order valence-corrected chi connectivity index (χ3v) is 11.0. The third-order valence-electron chi connectivity index (χ3n) is 10.0. The first-order chi connectivity index (χ1) is 30.3. The van der Waals surface area contributed by atoms with Crippen molar-refractivity contribution < 1.29 is 67.9 Å². The lowest BCUT2D eigenvalue weighted by Crippen LogP contribution is -2.29. The Morgan fingerprint density at radius 3 is 1.86 bits per heavy atom. The van der Waals surface area contributed by atoms with Crippen LogP contribution in [0, 0.1) is 11.8 Å². The molecule has 0 amide bonds. The number of phosphoric acid groups is 1. The minimum Gasteiger partial charge on any atom is -0.462 e. The number of carbonyl (C=O) groups excluding carboxylic acids is 3. The Balaban J connectivity index is 2.53. The molecule has 0 bridgehead atoms. The van der Waals surface area contributed by atoms with Crippen molar-refractivity contribution in [3.05, 3.63) is 85.1 Å². The molecule has 0 radical (unpaired) electrons. The number of Topliss-reactive ketones (excluding diaryl/α,β-unsaturated/α-hetero) is 1. The summed E-state index contributed by atoms with van der Waals surface area (Å²) in [4.78, 5) is 48.1. The summed E-state index contributed by atoms with van der Waals surface area (Å²) in [5.41, 5.74) is 0. The molecule has 1 aliphatic carbocycles. The van der Waals surface area contributed by atoms with Crippen LogP contribution in [0.25, 0.3) is 0 Å². The highest BCUT2D eigenvalue weighted by Crippen LogP contribution is 2.43. The Morgan fingerprint density at radius 1 is 0.698 bits per heavy atom. The van der Waals surface area contributed by atoms with Crippen LogP contribution in [0.5, 0.6) is 0 Å². The highest BCUT2D eigenvalue weighted by molar-refractivity contribution is 7.47. The van der Waals surface area contributed by atoms with Crippen molar-refractivity contribution in [2.24, 2.45) is 11.8 Å². The fraction of sp³-hybridized carbons (Fsp3) is 0.646. The minimum atomic E-state index is -4.75. The second-order valence-corrected chi connectivity index (χ2v) is 17.1. The molecule has 8 atom stereocenters. The van der Waals surface area contributed by atoms with Crippen LogP contribution in [0.15, 0.2) is 85.1 Å². The molecule has 1 fully saturated rings. The first-order valence-electron chi connectivity index (χ1n) is 22.7. The summed E-state index contributed by atoms with van der Waals surface area (Å²) in [6, 6.07) is 0. The minimum absolute atomic E-state index is 0.0348. The zero-order chi connectivity index (χ0) is 46.6. The van der Waals surface area contributed by atoms with Crippen LogP contribution < -0.4 is 0 Å². The molecule has 1 saturated carbocycles. The van der Waals surface area contributed by atoms with E-state index in [2.05, 4.69) is 73.1 Å². The molecule has 0 aliphatic heterocycles. The molecular formula is C48H77O14P. The van der Waals surface area contributed by atoms with Crippen LogP contribution in [-0.4, -0.2) is 105 Å². The van der Waals surface area contributed by atoms with Gasteiger partial charge in [-0.25, -0.2) is 4.57 Å². The summed E-state index contributed by atoms with van der Waals surface area (Å²) in [5.74, 6) is -2.43. The Morgan fingerprint density at radius 2 is 1.27 bits per heavy atom. The fourth-order valence-corrected chi connectivity index (χ4v) is 7.27. The Hall–Kier alpha value is -3.30. The van der Waals surface area contributed by atoms with E-state index >= 15 is 0 Å². The maximum atomic E-state index is 12.9. The van der Waals surface area contributed by atoms with E-state index in [1.54, 1.807) is 12.2 Å². The quantitative estimate of drug-likeness (QED) is 0.0152. The van der Waals surface area contributed by atoms with Gasteiger partial charge in [-0.1, -0.05) is 118 Å². The number of aliphatic hydroxyl groups is 5. The Bertz CT molecular complexity index is 1500. The average Bonchev–Trinajstić information content (AvgIpc) is 3.52. The molecule has 1 rings (SSSR count). The molecule has 0 saturated heterocycles. The first-order valence-corrected chi connectivity index (χ1v) is 24.2. The molecule has 15 heteroatoms. The van der Waals surface area contributed by atoms with Crippen LogP contribution >= 0.6 is 7.82 Å². The van der Waals surface area contributed by atoms with E-state index in [4.69, 9.17) is 19.1 Å². The van der Waals surface area contributed by atoms with Gasteiger partial charge >= 0.3 is 19.8 Å². The van der Waals surface area contributed by atoms with Gasteiger partial charge in [-0.05, 0) is 64.2 Å². The number of allylic oxidation sites excluding steroid dienone is 12. The maximum absolute atomic E-state index is 12.9.